The maximum absolute atomic E-state index is 13.1. The average Bonchev–Trinajstić information content (AvgIpc) is 2.92. The maximum atomic E-state index is 13.1. The second-order valence-electron chi connectivity index (χ2n) is 8.01. The van der Waals surface area contributed by atoms with E-state index in [1.165, 1.54) is 30.2 Å². The molecule has 0 saturated carbocycles. The summed E-state index contributed by atoms with van der Waals surface area (Å²) in [5, 5.41) is 3.30. The number of pyridine rings is 1. The topological polar surface area (TPSA) is 132 Å². The van der Waals surface area contributed by atoms with E-state index >= 15 is 0 Å². The van der Waals surface area contributed by atoms with Gasteiger partial charge in [0, 0.05) is 29.4 Å². The molecule has 1 atom stereocenters. The number of benzene rings is 2. The number of methoxy groups -OCH3 is 1. The summed E-state index contributed by atoms with van der Waals surface area (Å²) >= 11 is 5.96. The van der Waals surface area contributed by atoms with Crippen LogP contribution in [0.25, 0.3) is 0 Å². The van der Waals surface area contributed by atoms with Gasteiger partial charge in [0.2, 0.25) is 11.8 Å². The number of anilines is 1. The van der Waals surface area contributed by atoms with Crippen molar-refractivity contribution in [2.24, 2.45) is 5.73 Å². The van der Waals surface area contributed by atoms with Crippen molar-refractivity contribution in [3.8, 4) is 5.88 Å². The van der Waals surface area contributed by atoms with Crippen LogP contribution in [0.3, 0.4) is 0 Å². The molecule has 1 aromatic heterocycles. The molecule has 35 heavy (non-hydrogen) atoms. The first-order chi connectivity index (χ1) is 16.7. The third kappa shape index (κ3) is 5.45. The van der Waals surface area contributed by atoms with Gasteiger partial charge in [-0.15, -0.1) is 0 Å². The van der Waals surface area contributed by atoms with Crippen LogP contribution >= 0.6 is 11.6 Å². The van der Waals surface area contributed by atoms with Crippen molar-refractivity contribution in [2.45, 2.75) is 24.0 Å². The number of sulfone groups is 1. The summed E-state index contributed by atoms with van der Waals surface area (Å²) in [7, 11) is -2.35. The lowest BCUT2D eigenvalue weighted by molar-refractivity contribution is -0.119. The average molecular weight is 515 g/mol. The van der Waals surface area contributed by atoms with Crippen molar-refractivity contribution in [2.75, 3.05) is 17.8 Å². The molecule has 0 fully saturated rings. The maximum Gasteiger partial charge on any atom is 0.251 e. The van der Waals surface area contributed by atoms with Gasteiger partial charge in [-0.3, -0.25) is 9.59 Å². The SMILES string of the molecule is COc1ccc(CNC(=O)c2ccc3c(c2)N(Cc2ccc(Cl)cc2)C(=O)[C@@H](N)CS3(=O)=O)cn1. The number of rotatable bonds is 6. The lowest BCUT2D eigenvalue weighted by Crippen LogP contribution is -2.45. The van der Waals surface area contributed by atoms with Crippen LogP contribution < -0.4 is 20.7 Å². The van der Waals surface area contributed by atoms with Crippen LogP contribution in [0.4, 0.5) is 5.69 Å². The van der Waals surface area contributed by atoms with Gasteiger partial charge in [0.05, 0.1) is 36.0 Å². The summed E-state index contributed by atoms with van der Waals surface area (Å²) in [6.45, 7) is 0.262. The standard InChI is InChI=1S/C24H23ClN4O5S/c1-34-22-9-4-16(11-27-22)12-28-23(30)17-5-8-21-20(10-17)29(13-15-2-6-18(25)7-3-15)24(31)19(26)14-35(21,32)33/h2-11,19H,12-14,26H2,1H3,(H,28,30)/t19-/m0/s1. The summed E-state index contributed by atoms with van der Waals surface area (Å²) in [4.78, 5) is 31.3. The zero-order valence-electron chi connectivity index (χ0n) is 18.8. The quantitative estimate of drug-likeness (QED) is 0.516. The minimum atomic E-state index is -3.86. The fourth-order valence-electron chi connectivity index (χ4n) is 3.71. The molecule has 182 valence electrons. The van der Waals surface area contributed by atoms with E-state index in [0.29, 0.717) is 10.9 Å². The minimum absolute atomic E-state index is 0.0522. The van der Waals surface area contributed by atoms with Gasteiger partial charge in [0.25, 0.3) is 5.91 Å². The largest absolute Gasteiger partial charge is 0.481 e. The summed E-state index contributed by atoms with van der Waals surface area (Å²) < 4.78 is 30.9. The molecule has 2 amide bonds. The highest BCUT2D eigenvalue weighted by atomic mass is 35.5. The molecule has 1 aliphatic rings. The number of nitrogens with two attached hydrogens (primary N) is 1. The Bertz CT molecular complexity index is 1360. The van der Waals surface area contributed by atoms with Crippen molar-refractivity contribution in [3.63, 3.8) is 0 Å². The first kappa shape index (κ1) is 24.6. The molecular weight excluding hydrogens is 492 g/mol. The number of ether oxygens (including phenoxy) is 1. The van der Waals surface area contributed by atoms with Crippen LogP contribution in [0.5, 0.6) is 5.88 Å². The van der Waals surface area contributed by atoms with Gasteiger partial charge in [-0.25, -0.2) is 13.4 Å². The number of hydrogen-bond acceptors (Lipinski definition) is 7. The van der Waals surface area contributed by atoms with Crippen LogP contribution in [0, 0.1) is 0 Å². The van der Waals surface area contributed by atoms with Gasteiger partial charge in [-0.05, 0) is 41.5 Å². The van der Waals surface area contributed by atoms with Crippen LogP contribution in [-0.4, -0.2) is 44.1 Å². The van der Waals surface area contributed by atoms with E-state index in [1.54, 1.807) is 42.6 Å². The summed E-state index contributed by atoms with van der Waals surface area (Å²) in [6.07, 6.45) is 1.58. The van der Waals surface area contributed by atoms with Crippen molar-refractivity contribution in [1.82, 2.24) is 10.3 Å². The van der Waals surface area contributed by atoms with Crippen molar-refractivity contribution in [3.05, 3.63) is 82.5 Å². The van der Waals surface area contributed by atoms with Crippen molar-refractivity contribution < 1.29 is 22.7 Å². The zero-order chi connectivity index (χ0) is 25.2. The fraction of sp³-hybridized carbons (Fsp3) is 0.208. The van der Waals surface area contributed by atoms with Crippen LogP contribution in [0.15, 0.2) is 65.7 Å². The number of nitrogens with one attached hydrogen (secondary N) is 1. The van der Waals surface area contributed by atoms with Gasteiger partial charge in [-0.1, -0.05) is 29.8 Å². The number of nitrogens with zero attached hydrogens (tertiary/aromatic N) is 2. The second-order valence-corrected chi connectivity index (χ2v) is 10.5. The summed E-state index contributed by atoms with van der Waals surface area (Å²) in [5.41, 5.74) is 7.73. The number of carbonyl (C=O) groups excluding carboxylic acids is 2. The number of fused-ring (bicyclic) bond motifs is 1. The Labute approximate surface area is 207 Å². The van der Waals surface area contributed by atoms with Gasteiger partial charge in [0.1, 0.15) is 0 Å². The Hall–Kier alpha value is -3.47. The Morgan fingerprint density at radius 1 is 1.17 bits per heavy atom. The lowest BCUT2D eigenvalue weighted by atomic mass is 10.1. The minimum Gasteiger partial charge on any atom is -0.481 e. The van der Waals surface area contributed by atoms with Gasteiger partial charge in [-0.2, -0.15) is 0 Å². The Kier molecular flexibility index (Phi) is 7.06. The fourth-order valence-corrected chi connectivity index (χ4v) is 5.39. The molecule has 0 unspecified atom stereocenters. The number of halogens is 1. The predicted molar refractivity (Wildman–Crippen MR) is 131 cm³/mol. The van der Waals surface area contributed by atoms with E-state index in [4.69, 9.17) is 22.1 Å². The second kappa shape index (κ2) is 10.0. The van der Waals surface area contributed by atoms with Crippen molar-refractivity contribution in [1.29, 1.82) is 0 Å². The highest BCUT2D eigenvalue weighted by Crippen LogP contribution is 2.32. The molecule has 2 heterocycles. The van der Waals surface area contributed by atoms with E-state index in [-0.39, 0.29) is 29.2 Å². The summed E-state index contributed by atoms with van der Waals surface area (Å²) in [5.74, 6) is -1.06. The third-order valence-corrected chi connectivity index (χ3v) is 7.61. The third-order valence-electron chi connectivity index (χ3n) is 5.54. The molecule has 0 saturated heterocycles. The van der Waals surface area contributed by atoms with E-state index in [1.807, 2.05) is 0 Å². The lowest BCUT2D eigenvalue weighted by Gasteiger charge is -2.24. The number of amides is 2. The Morgan fingerprint density at radius 2 is 1.89 bits per heavy atom. The van der Waals surface area contributed by atoms with Crippen molar-refractivity contribution >= 4 is 38.9 Å². The van der Waals surface area contributed by atoms with E-state index in [0.717, 1.165) is 11.1 Å². The molecule has 0 bridgehead atoms. The highest BCUT2D eigenvalue weighted by molar-refractivity contribution is 7.91. The number of aromatic nitrogens is 1. The van der Waals surface area contributed by atoms with Gasteiger partial charge < -0.3 is 20.7 Å². The molecule has 3 aromatic rings. The molecule has 0 spiro atoms. The monoisotopic (exact) mass is 514 g/mol. The Balaban J connectivity index is 1.65. The van der Waals surface area contributed by atoms with Crippen LogP contribution in [0.2, 0.25) is 5.02 Å². The first-order valence-electron chi connectivity index (χ1n) is 10.6. The summed E-state index contributed by atoms with van der Waals surface area (Å²) in [6, 6.07) is 13.2. The predicted octanol–water partition coefficient (Wildman–Crippen LogP) is 2.32. The van der Waals surface area contributed by atoms with E-state index in [9.17, 15) is 18.0 Å². The molecule has 0 aliphatic carbocycles. The highest BCUT2D eigenvalue weighted by Gasteiger charge is 2.36. The van der Waals surface area contributed by atoms with E-state index in [2.05, 4.69) is 10.3 Å². The zero-order valence-corrected chi connectivity index (χ0v) is 20.3. The molecular formula is C24H23ClN4O5S. The number of carbonyl (C=O) groups is 2. The van der Waals surface area contributed by atoms with Gasteiger partial charge in [0.15, 0.2) is 9.84 Å². The van der Waals surface area contributed by atoms with Crippen LogP contribution in [-0.2, 0) is 27.7 Å². The molecule has 0 radical (unpaired) electrons. The van der Waals surface area contributed by atoms with Gasteiger partial charge >= 0.3 is 0 Å². The molecule has 3 N–H and O–H groups in total. The molecule has 4 rings (SSSR count). The molecule has 2 aromatic carbocycles. The molecule has 1 aliphatic heterocycles. The van der Waals surface area contributed by atoms with E-state index < -0.39 is 33.4 Å². The normalized spacial score (nSPS) is 16.8. The number of hydrogen-bond donors (Lipinski definition) is 2. The van der Waals surface area contributed by atoms with Crippen LogP contribution in [0.1, 0.15) is 21.5 Å². The smallest absolute Gasteiger partial charge is 0.251 e. The molecule has 9 nitrogen and oxygen atoms in total. The Morgan fingerprint density at radius 3 is 2.54 bits per heavy atom. The first-order valence-corrected chi connectivity index (χ1v) is 12.7. The molecule has 11 heteroatoms.